The average molecular weight is 281 g/mol. The molecule has 110 valence electrons. The SMILES string of the molecule is CCOC(=O)C(C)NC(=O)[C@H]1C2C=CC(C2)[C@H]1C(=O)O. The van der Waals surface area contributed by atoms with Gasteiger partial charge >= 0.3 is 11.9 Å². The minimum atomic E-state index is -0.953. The summed E-state index contributed by atoms with van der Waals surface area (Å²) in [5.41, 5.74) is 0. The number of aliphatic carboxylic acids is 1. The van der Waals surface area contributed by atoms with Crippen molar-refractivity contribution in [3.05, 3.63) is 12.2 Å². The zero-order chi connectivity index (χ0) is 14.9. The van der Waals surface area contributed by atoms with Crippen molar-refractivity contribution in [1.29, 1.82) is 0 Å². The fourth-order valence-corrected chi connectivity index (χ4v) is 3.15. The first kappa shape index (κ1) is 14.6. The zero-order valence-corrected chi connectivity index (χ0v) is 11.5. The van der Waals surface area contributed by atoms with Crippen LogP contribution in [0.1, 0.15) is 20.3 Å². The van der Waals surface area contributed by atoms with Crippen molar-refractivity contribution in [3.63, 3.8) is 0 Å². The summed E-state index contributed by atoms with van der Waals surface area (Å²) >= 11 is 0. The summed E-state index contributed by atoms with van der Waals surface area (Å²) in [6, 6.07) is -0.764. The first-order chi connectivity index (χ1) is 9.45. The minimum Gasteiger partial charge on any atom is -0.481 e. The van der Waals surface area contributed by atoms with Gasteiger partial charge in [-0.15, -0.1) is 0 Å². The number of carboxylic acid groups (broad SMARTS) is 1. The van der Waals surface area contributed by atoms with E-state index in [-0.39, 0.29) is 24.3 Å². The first-order valence-corrected chi connectivity index (χ1v) is 6.83. The van der Waals surface area contributed by atoms with Crippen molar-refractivity contribution < 1.29 is 24.2 Å². The van der Waals surface area contributed by atoms with Crippen LogP contribution in [0, 0.1) is 23.7 Å². The third kappa shape index (κ3) is 2.55. The molecule has 6 nitrogen and oxygen atoms in total. The van der Waals surface area contributed by atoms with Gasteiger partial charge in [0.15, 0.2) is 0 Å². The molecule has 2 rings (SSSR count). The monoisotopic (exact) mass is 281 g/mol. The first-order valence-electron chi connectivity index (χ1n) is 6.83. The molecule has 0 radical (unpaired) electrons. The van der Waals surface area contributed by atoms with Gasteiger partial charge < -0.3 is 15.2 Å². The van der Waals surface area contributed by atoms with E-state index < -0.39 is 29.8 Å². The highest BCUT2D eigenvalue weighted by atomic mass is 16.5. The maximum absolute atomic E-state index is 12.3. The number of carbonyl (C=O) groups is 3. The third-order valence-corrected chi connectivity index (χ3v) is 4.05. The molecule has 0 aromatic carbocycles. The van der Waals surface area contributed by atoms with Crippen LogP contribution in [0.5, 0.6) is 0 Å². The number of nitrogens with one attached hydrogen (secondary N) is 1. The van der Waals surface area contributed by atoms with Crippen molar-refractivity contribution in [3.8, 4) is 0 Å². The Bertz CT molecular complexity index is 458. The molecule has 0 aromatic heterocycles. The van der Waals surface area contributed by atoms with E-state index in [1.54, 1.807) is 6.92 Å². The number of amides is 1. The van der Waals surface area contributed by atoms with Crippen molar-refractivity contribution >= 4 is 17.8 Å². The van der Waals surface area contributed by atoms with E-state index in [4.69, 9.17) is 4.74 Å². The number of rotatable bonds is 5. The fraction of sp³-hybridized carbons (Fsp3) is 0.643. The summed E-state index contributed by atoms with van der Waals surface area (Å²) in [7, 11) is 0. The van der Waals surface area contributed by atoms with Crippen LogP contribution < -0.4 is 5.32 Å². The molecule has 0 aliphatic heterocycles. The summed E-state index contributed by atoms with van der Waals surface area (Å²) in [5, 5.41) is 11.8. The van der Waals surface area contributed by atoms with Crippen molar-refractivity contribution in [2.45, 2.75) is 26.3 Å². The number of allylic oxidation sites excluding steroid dienone is 2. The Morgan fingerprint density at radius 3 is 2.45 bits per heavy atom. The van der Waals surface area contributed by atoms with Crippen molar-refractivity contribution in [2.75, 3.05) is 6.61 Å². The maximum Gasteiger partial charge on any atom is 0.328 e. The molecule has 5 atom stereocenters. The standard InChI is InChI=1S/C14H19NO5/c1-3-20-14(19)7(2)15-12(16)10-8-4-5-9(6-8)11(10)13(17)18/h4-5,7-11H,3,6H2,1-2H3,(H,15,16)(H,17,18)/t7?,8?,9?,10-,11+/m0/s1. The van der Waals surface area contributed by atoms with Gasteiger partial charge in [-0.3, -0.25) is 9.59 Å². The van der Waals surface area contributed by atoms with Crippen molar-refractivity contribution in [1.82, 2.24) is 5.32 Å². The van der Waals surface area contributed by atoms with Crippen LogP contribution in [0.25, 0.3) is 0 Å². The van der Waals surface area contributed by atoms with E-state index in [0.717, 1.165) is 0 Å². The fourth-order valence-electron chi connectivity index (χ4n) is 3.15. The van der Waals surface area contributed by atoms with Crippen LogP contribution in [-0.4, -0.2) is 35.6 Å². The molecule has 1 fully saturated rings. The minimum absolute atomic E-state index is 0.0458. The second kappa shape index (κ2) is 5.64. The zero-order valence-electron chi connectivity index (χ0n) is 11.5. The smallest absolute Gasteiger partial charge is 0.328 e. The number of hydrogen-bond acceptors (Lipinski definition) is 4. The summed E-state index contributed by atoms with van der Waals surface area (Å²) in [6.07, 6.45) is 4.48. The van der Waals surface area contributed by atoms with Crippen LogP contribution in [0.15, 0.2) is 12.2 Å². The van der Waals surface area contributed by atoms with Gasteiger partial charge in [-0.05, 0) is 32.1 Å². The Labute approximate surface area is 117 Å². The van der Waals surface area contributed by atoms with Gasteiger partial charge in [0.1, 0.15) is 6.04 Å². The average Bonchev–Trinajstić information content (AvgIpc) is 2.98. The van der Waals surface area contributed by atoms with Gasteiger partial charge in [0, 0.05) is 0 Å². The lowest BCUT2D eigenvalue weighted by Crippen LogP contribution is -2.46. The Morgan fingerprint density at radius 1 is 1.30 bits per heavy atom. The van der Waals surface area contributed by atoms with E-state index in [0.29, 0.717) is 6.42 Å². The van der Waals surface area contributed by atoms with Gasteiger partial charge in [-0.1, -0.05) is 12.2 Å². The Kier molecular flexibility index (Phi) is 4.11. The lowest BCUT2D eigenvalue weighted by atomic mass is 9.82. The van der Waals surface area contributed by atoms with Crippen LogP contribution in [0.3, 0.4) is 0 Å². The molecule has 1 amide bonds. The van der Waals surface area contributed by atoms with Crippen LogP contribution in [0.2, 0.25) is 0 Å². The number of ether oxygens (including phenoxy) is 1. The normalized spacial score (nSPS) is 31.9. The molecule has 3 unspecified atom stereocenters. The summed E-state index contributed by atoms with van der Waals surface area (Å²) in [4.78, 5) is 35.1. The van der Waals surface area contributed by atoms with E-state index in [9.17, 15) is 19.5 Å². The number of fused-ring (bicyclic) bond motifs is 2. The van der Waals surface area contributed by atoms with Gasteiger partial charge in [0.05, 0.1) is 18.4 Å². The van der Waals surface area contributed by atoms with Crippen LogP contribution in [-0.2, 0) is 19.1 Å². The van der Waals surface area contributed by atoms with E-state index >= 15 is 0 Å². The lowest BCUT2D eigenvalue weighted by molar-refractivity contribution is -0.150. The van der Waals surface area contributed by atoms with Crippen LogP contribution in [0.4, 0.5) is 0 Å². The molecular weight excluding hydrogens is 262 g/mol. The summed E-state index contributed by atoms with van der Waals surface area (Å²) in [5.74, 6) is -3.26. The molecule has 0 saturated heterocycles. The molecule has 0 aromatic rings. The molecule has 2 N–H and O–H groups in total. The third-order valence-electron chi connectivity index (χ3n) is 4.05. The summed E-state index contributed by atoms with van der Waals surface area (Å²) in [6.45, 7) is 3.47. The largest absolute Gasteiger partial charge is 0.481 e. The predicted octanol–water partition coefficient (Wildman–Crippen LogP) is 0.577. The molecule has 2 aliphatic rings. The second-order valence-electron chi connectivity index (χ2n) is 5.32. The quantitative estimate of drug-likeness (QED) is 0.568. The Hall–Kier alpha value is -1.85. The van der Waals surface area contributed by atoms with Gasteiger partial charge in [0.25, 0.3) is 0 Å². The molecule has 6 heteroatoms. The lowest BCUT2D eigenvalue weighted by Gasteiger charge is -2.25. The topological polar surface area (TPSA) is 92.7 Å². The highest BCUT2D eigenvalue weighted by Crippen LogP contribution is 2.48. The van der Waals surface area contributed by atoms with Crippen LogP contribution >= 0.6 is 0 Å². The van der Waals surface area contributed by atoms with Gasteiger partial charge in [-0.2, -0.15) is 0 Å². The van der Waals surface area contributed by atoms with E-state index in [1.165, 1.54) is 6.92 Å². The molecular formula is C14H19NO5. The van der Waals surface area contributed by atoms with Gasteiger partial charge in [-0.25, -0.2) is 4.79 Å². The molecule has 20 heavy (non-hydrogen) atoms. The van der Waals surface area contributed by atoms with Gasteiger partial charge in [0.2, 0.25) is 5.91 Å². The molecule has 1 saturated carbocycles. The number of carbonyl (C=O) groups excluding carboxylic acids is 2. The van der Waals surface area contributed by atoms with Crippen molar-refractivity contribution in [2.24, 2.45) is 23.7 Å². The van der Waals surface area contributed by atoms with E-state index in [2.05, 4.69) is 5.32 Å². The van der Waals surface area contributed by atoms with E-state index in [1.807, 2.05) is 12.2 Å². The molecule has 2 bridgehead atoms. The highest BCUT2D eigenvalue weighted by Gasteiger charge is 2.51. The number of hydrogen-bond donors (Lipinski definition) is 2. The molecule has 0 spiro atoms. The second-order valence-corrected chi connectivity index (χ2v) is 5.32. The molecule has 2 aliphatic carbocycles. The maximum atomic E-state index is 12.3. The number of carboxylic acids is 1. The predicted molar refractivity (Wildman–Crippen MR) is 69.6 cm³/mol. The Balaban J connectivity index is 2.03. The Morgan fingerprint density at radius 2 is 1.90 bits per heavy atom. The summed E-state index contributed by atoms with van der Waals surface area (Å²) < 4.78 is 4.82. The highest BCUT2D eigenvalue weighted by molar-refractivity contribution is 5.90. The number of esters is 1. The molecule has 0 heterocycles.